The highest BCUT2D eigenvalue weighted by Crippen LogP contribution is 2.20. The third-order valence-electron chi connectivity index (χ3n) is 4.96. The largest absolute Gasteiger partial charge is 0.322 e. The number of anilines is 1. The Kier molecular flexibility index (Phi) is 5.62. The molecule has 3 aromatic rings. The molecule has 1 aliphatic rings. The predicted molar refractivity (Wildman–Crippen MR) is 112 cm³/mol. The third kappa shape index (κ3) is 4.25. The van der Waals surface area contributed by atoms with E-state index < -0.39 is 10.0 Å². The number of pyridine rings is 1. The van der Waals surface area contributed by atoms with Gasteiger partial charge in [0, 0.05) is 50.5 Å². The molecule has 1 aromatic carbocycles. The molecule has 1 fully saturated rings. The van der Waals surface area contributed by atoms with Gasteiger partial charge in [0.1, 0.15) is 0 Å². The number of benzene rings is 1. The summed E-state index contributed by atoms with van der Waals surface area (Å²) in [4.78, 5) is 19.0. The summed E-state index contributed by atoms with van der Waals surface area (Å²) in [5.74, 6) is 0.277. The first-order valence-corrected chi connectivity index (χ1v) is 10.9. The summed E-state index contributed by atoms with van der Waals surface area (Å²) < 4.78 is 28.7. The lowest BCUT2D eigenvalue weighted by atomic mass is 10.2. The topological polar surface area (TPSA) is 100 Å². The van der Waals surface area contributed by atoms with Crippen molar-refractivity contribution in [1.82, 2.24) is 24.0 Å². The van der Waals surface area contributed by atoms with Crippen molar-refractivity contribution in [2.75, 3.05) is 38.5 Å². The van der Waals surface area contributed by atoms with E-state index in [0.29, 0.717) is 43.2 Å². The minimum atomic E-state index is -3.53. The van der Waals surface area contributed by atoms with Crippen molar-refractivity contribution in [2.24, 2.45) is 0 Å². The third-order valence-corrected chi connectivity index (χ3v) is 6.87. The number of piperazine rings is 1. The molecule has 1 saturated heterocycles. The van der Waals surface area contributed by atoms with E-state index >= 15 is 0 Å². The molecule has 0 atom stereocenters. The number of rotatable bonds is 5. The Bertz CT molecular complexity index is 1100. The number of sulfonamides is 1. The Morgan fingerprint density at radius 3 is 2.37 bits per heavy atom. The van der Waals surface area contributed by atoms with E-state index in [4.69, 9.17) is 0 Å². The predicted octanol–water partition coefficient (Wildman–Crippen LogP) is 1.46. The van der Waals surface area contributed by atoms with Crippen LogP contribution in [0.5, 0.6) is 0 Å². The van der Waals surface area contributed by atoms with Crippen molar-refractivity contribution < 1.29 is 13.2 Å². The van der Waals surface area contributed by atoms with Gasteiger partial charge < -0.3 is 10.2 Å². The van der Waals surface area contributed by atoms with Crippen molar-refractivity contribution >= 4 is 21.6 Å². The lowest BCUT2D eigenvalue weighted by molar-refractivity contribution is 0.102. The van der Waals surface area contributed by atoms with Crippen LogP contribution < -0.4 is 5.32 Å². The number of likely N-dealkylation sites (N-methyl/N-ethyl adjacent to an activating group) is 1. The Labute approximate surface area is 175 Å². The van der Waals surface area contributed by atoms with E-state index in [-0.39, 0.29) is 10.8 Å². The van der Waals surface area contributed by atoms with Crippen LogP contribution in [0.1, 0.15) is 10.4 Å². The maximum absolute atomic E-state index is 12.8. The van der Waals surface area contributed by atoms with Crippen molar-refractivity contribution in [3.05, 3.63) is 66.6 Å². The van der Waals surface area contributed by atoms with Crippen LogP contribution in [0.2, 0.25) is 0 Å². The summed E-state index contributed by atoms with van der Waals surface area (Å²) in [7, 11) is -1.56. The number of carbonyl (C=O) groups excluding carboxylic acids is 1. The van der Waals surface area contributed by atoms with Gasteiger partial charge in [-0.3, -0.25) is 4.79 Å². The van der Waals surface area contributed by atoms with Crippen molar-refractivity contribution in [3.8, 4) is 5.82 Å². The number of aromatic nitrogens is 3. The first-order valence-electron chi connectivity index (χ1n) is 9.50. The normalized spacial score (nSPS) is 15.8. The highest BCUT2D eigenvalue weighted by Gasteiger charge is 2.27. The van der Waals surface area contributed by atoms with Gasteiger partial charge in [-0.05, 0) is 49.5 Å². The smallest absolute Gasteiger partial charge is 0.257 e. The van der Waals surface area contributed by atoms with E-state index in [1.54, 1.807) is 47.4 Å². The molecule has 2 aromatic heterocycles. The average molecular weight is 427 g/mol. The summed E-state index contributed by atoms with van der Waals surface area (Å²) in [6, 6.07) is 11.4. The van der Waals surface area contributed by atoms with E-state index in [1.807, 2.05) is 7.05 Å². The Balaban J connectivity index is 1.42. The van der Waals surface area contributed by atoms with Crippen LogP contribution in [0.15, 0.2) is 66.0 Å². The molecule has 156 valence electrons. The van der Waals surface area contributed by atoms with Crippen molar-refractivity contribution in [1.29, 1.82) is 0 Å². The molecule has 1 aliphatic heterocycles. The second kappa shape index (κ2) is 8.34. The highest BCUT2D eigenvalue weighted by molar-refractivity contribution is 7.89. The first kappa shape index (κ1) is 20.2. The maximum Gasteiger partial charge on any atom is 0.257 e. The Hall–Kier alpha value is -3.08. The maximum atomic E-state index is 12.8. The number of hydrogen-bond acceptors (Lipinski definition) is 6. The lowest BCUT2D eigenvalue weighted by Gasteiger charge is -2.31. The van der Waals surface area contributed by atoms with E-state index in [0.717, 1.165) is 0 Å². The molecular weight excluding hydrogens is 404 g/mol. The van der Waals surface area contributed by atoms with Gasteiger partial charge in [-0.1, -0.05) is 0 Å². The zero-order chi connectivity index (χ0) is 21.1. The molecule has 10 heteroatoms. The standard InChI is InChI=1S/C20H22N6O3S/c1-24-11-13-25(14-12-24)30(28,29)18-6-4-17(5-7-18)23-20(27)16-3-8-19(21-15-16)26-10-2-9-22-26/h2-10,15H,11-14H2,1H3,(H,23,27). The molecule has 0 bridgehead atoms. The second-order valence-electron chi connectivity index (χ2n) is 7.04. The van der Waals surface area contributed by atoms with Gasteiger partial charge in [0.15, 0.2) is 5.82 Å². The molecular formula is C20H22N6O3S. The van der Waals surface area contributed by atoms with Gasteiger partial charge in [0.2, 0.25) is 10.0 Å². The number of nitrogens with one attached hydrogen (secondary N) is 1. The zero-order valence-electron chi connectivity index (χ0n) is 16.5. The van der Waals surface area contributed by atoms with Gasteiger partial charge >= 0.3 is 0 Å². The molecule has 30 heavy (non-hydrogen) atoms. The number of amides is 1. The molecule has 3 heterocycles. The van der Waals surface area contributed by atoms with Gasteiger partial charge in [0.25, 0.3) is 5.91 Å². The zero-order valence-corrected chi connectivity index (χ0v) is 17.3. The van der Waals surface area contributed by atoms with Crippen molar-refractivity contribution in [2.45, 2.75) is 4.90 Å². The van der Waals surface area contributed by atoms with Crippen LogP contribution in [0, 0.1) is 0 Å². The molecule has 1 amide bonds. The van der Waals surface area contributed by atoms with Crippen LogP contribution in [0.3, 0.4) is 0 Å². The number of carbonyl (C=O) groups is 1. The first-order chi connectivity index (χ1) is 14.4. The molecule has 1 N–H and O–H groups in total. The fourth-order valence-corrected chi connectivity index (χ4v) is 4.57. The fourth-order valence-electron chi connectivity index (χ4n) is 3.15. The monoisotopic (exact) mass is 426 g/mol. The minimum absolute atomic E-state index is 0.218. The summed E-state index contributed by atoms with van der Waals surface area (Å²) in [5, 5.41) is 6.85. The van der Waals surface area contributed by atoms with Gasteiger partial charge in [-0.15, -0.1) is 0 Å². The van der Waals surface area contributed by atoms with Crippen LogP contribution in [-0.4, -0.2) is 71.5 Å². The van der Waals surface area contributed by atoms with E-state index in [1.165, 1.54) is 22.6 Å². The number of hydrogen-bond donors (Lipinski definition) is 1. The van der Waals surface area contributed by atoms with Crippen LogP contribution in [-0.2, 0) is 10.0 Å². The molecule has 9 nitrogen and oxygen atoms in total. The fraction of sp³-hybridized carbons (Fsp3) is 0.250. The highest BCUT2D eigenvalue weighted by atomic mass is 32.2. The minimum Gasteiger partial charge on any atom is -0.322 e. The molecule has 4 rings (SSSR count). The molecule has 0 aliphatic carbocycles. The van der Waals surface area contributed by atoms with Crippen LogP contribution in [0.25, 0.3) is 5.82 Å². The SMILES string of the molecule is CN1CCN(S(=O)(=O)c2ccc(NC(=O)c3ccc(-n4cccn4)nc3)cc2)CC1. The lowest BCUT2D eigenvalue weighted by Crippen LogP contribution is -2.46. The van der Waals surface area contributed by atoms with Crippen LogP contribution >= 0.6 is 0 Å². The summed E-state index contributed by atoms with van der Waals surface area (Å²) in [5.41, 5.74) is 0.897. The summed E-state index contributed by atoms with van der Waals surface area (Å²) in [6.07, 6.45) is 4.88. The Morgan fingerprint density at radius 1 is 1.03 bits per heavy atom. The van der Waals surface area contributed by atoms with Crippen molar-refractivity contribution in [3.63, 3.8) is 0 Å². The van der Waals surface area contributed by atoms with Gasteiger partial charge in [0.05, 0.1) is 10.5 Å². The summed E-state index contributed by atoms with van der Waals surface area (Å²) >= 11 is 0. The number of nitrogens with zero attached hydrogens (tertiary/aromatic N) is 5. The Morgan fingerprint density at radius 2 is 1.77 bits per heavy atom. The molecule has 0 saturated carbocycles. The van der Waals surface area contributed by atoms with Gasteiger partial charge in [-0.2, -0.15) is 9.40 Å². The van der Waals surface area contributed by atoms with E-state index in [9.17, 15) is 13.2 Å². The average Bonchev–Trinajstić information content (AvgIpc) is 3.29. The quantitative estimate of drug-likeness (QED) is 0.663. The molecule has 0 spiro atoms. The molecule has 0 radical (unpaired) electrons. The van der Waals surface area contributed by atoms with E-state index in [2.05, 4.69) is 20.3 Å². The molecule has 0 unspecified atom stereocenters. The van der Waals surface area contributed by atoms with Crippen LogP contribution in [0.4, 0.5) is 5.69 Å². The summed E-state index contributed by atoms with van der Waals surface area (Å²) in [6.45, 7) is 2.36. The van der Waals surface area contributed by atoms with Gasteiger partial charge in [-0.25, -0.2) is 18.1 Å². The second-order valence-corrected chi connectivity index (χ2v) is 8.98.